The van der Waals surface area contributed by atoms with Crippen molar-refractivity contribution in [2.45, 2.75) is 65.1 Å². The van der Waals surface area contributed by atoms with Crippen molar-refractivity contribution in [2.75, 3.05) is 13.1 Å². The maximum atomic E-state index is 12.4. The van der Waals surface area contributed by atoms with Gasteiger partial charge in [-0.1, -0.05) is 13.3 Å². The van der Waals surface area contributed by atoms with E-state index in [9.17, 15) is 9.59 Å². The highest BCUT2D eigenvalue weighted by Gasteiger charge is 2.37. The van der Waals surface area contributed by atoms with Crippen molar-refractivity contribution in [3.05, 3.63) is 0 Å². The quantitative estimate of drug-likeness (QED) is 0.797. The second-order valence-corrected chi connectivity index (χ2v) is 6.36. The summed E-state index contributed by atoms with van der Waals surface area (Å²) in [7, 11) is 0. The van der Waals surface area contributed by atoms with Gasteiger partial charge in [-0.3, -0.25) is 14.5 Å². The maximum absolute atomic E-state index is 12.4. The van der Waals surface area contributed by atoms with Crippen molar-refractivity contribution >= 4 is 11.8 Å². The highest BCUT2D eigenvalue weighted by atomic mass is 16.2. The first-order valence-electron chi connectivity index (χ1n) is 7.10. The molecule has 1 rings (SSSR count). The van der Waals surface area contributed by atoms with E-state index in [0.29, 0.717) is 6.54 Å². The molecular formula is C14H27N3O2. The summed E-state index contributed by atoms with van der Waals surface area (Å²) >= 11 is 0. The minimum absolute atomic E-state index is 0.00316. The van der Waals surface area contributed by atoms with Gasteiger partial charge >= 0.3 is 0 Å². The molecule has 0 radical (unpaired) electrons. The topological polar surface area (TPSA) is 61.4 Å². The van der Waals surface area contributed by atoms with Gasteiger partial charge in [0.15, 0.2) is 0 Å². The largest absolute Gasteiger partial charge is 0.350 e. The van der Waals surface area contributed by atoms with E-state index in [2.05, 4.69) is 17.6 Å². The molecule has 0 aliphatic carbocycles. The molecule has 19 heavy (non-hydrogen) atoms. The molecule has 5 heteroatoms. The van der Waals surface area contributed by atoms with E-state index in [-0.39, 0.29) is 29.4 Å². The number of amides is 2. The molecule has 1 aliphatic rings. The van der Waals surface area contributed by atoms with Gasteiger partial charge in [-0.25, -0.2) is 0 Å². The molecule has 0 unspecified atom stereocenters. The number of hydrogen-bond acceptors (Lipinski definition) is 3. The van der Waals surface area contributed by atoms with Gasteiger partial charge in [0.25, 0.3) is 0 Å². The Labute approximate surface area is 116 Å². The van der Waals surface area contributed by atoms with Crippen molar-refractivity contribution in [1.82, 2.24) is 15.5 Å². The zero-order chi connectivity index (χ0) is 14.6. The molecule has 1 fully saturated rings. The van der Waals surface area contributed by atoms with E-state index >= 15 is 0 Å². The van der Waals surface area contributed by atoms with Crippen LogP contribution in [0.5, 0.6) is 0 Å². The Morgan fingerprint density at radius 2 is 2.11 bits per heavy atom. The molecule has 1 heterocycles. The van der Waals surface area contributed by atoms with Gasteiger partial charge in [0.2, 0.25) is 11.8 Å². The number of piperazine rings is 1. The molecule has 0 saturated carbocycles. The Balaban J connectivity index is 2.78. The van der Waals surface area contributed by atoms with Crippen molar-refractivity contribution in [3.8, 4) is 0 Å². The first kappa shape index (κ1) is 16.0. The Morgan fingerprint density at radius 1 is 1.47 bits per heavy atom. The maximum Gasteiger partial charge on any atom is 0.239 e. The van der Waals surface area contributed by atoms with Crippen LogP contribution in [0.15, 0.2) is 0 Å². The molecule has 5 nitrogen and oxygen atoms in total. The van der Waals surface area contributed by atoms with Gasteiger partial charge < -0.3 is 10.6 Å². The van der Waals surface area contributed by atoms with Gasteiger partial charge in [-0.15, -0.1) is 0 Å². The van der Waals surface area contributed by atoms with E-state index in [1.807, 2.05) is 32.6 Å². The summed E-state index contributed by atoms with van der Waals surface area (Å²) < 4.78 is 0. The fourth-order valence-corrected chi connectivity index (χ4v) is 2.39. The fourth-order valence-electron chi connectivity index (χ4n) is 2.39. The summed E-state index contributed by atoms with van der Waals surface area (Å²) in [5.74, 6) is -0.000449. The van der Waals surface area contributed by atoms with Crippen LogP contribution in [0.1, 0.15) is 47.5 Å². The third-order valence-electron chi connectivity index (χ3n) is 3.17. The minimum atomic E-state index is -0.275. The van der Waals surface area contributed by atoms with Gasteiger partial charge in [0.1, 0.15) is 6.04 Å². The van der Waals surface area contributed by atoms with Crippen LogP contribution in [-0.4, -0.2) is 47.4 Å². The molecule has 0 spiro atoms. The number of unbranched alkanes of at least 4 members (excludes halogenated alkanes) is 1. The smallest absolute Gasteiger partial charge is 0.239 e. The van der Waals surface area contributed by atoms with Gasteiger partial charge in [-0.05, 0) is 40.7 Å². The number of carbonyl (C=O) groups excluding carboxylic acids is 2. The Kier molecular flexibility index (Phi) is 5.35. The summed E-state index contributed by atoms with van der Waals surface area (Å²) in [6, 6.07) is -0.427. The summed E-state index contributed by atoms with van der Waals surface area (Å²) in [5, 5.41) is 5.87. The van der Waals surface area contributed by atoms with Crippen molar-refractivity contribution in [1.29, 1.82) is 0 Å². The number of carbonyl (C=O) groups is 2. The van der Waals surface area contributed by atoms with Crippen molar-refractivity contribution in [3.63, 3.8) is 0 Å². The Bertz CT molecular complexity index is 336. The van der Waals surface area contributed by atoms with Crippen LogP contribution < -0.4 is 10.6 Å². The number of rotatable bonds is 4. The highest BCUT2D eigenvalue weighted by molar-refractivity contribution is 5.87. The van der Waals surface area contributed by atoms with Crippen molar-refractivity contribution in [2.24, 2.45) is 0 Å². The van der Waals surface area contributed by atoms with E-state index < -0.39 is 0 Å². The SMILES string of the molecule is CCCCN1CC(=O)N[C@@H](C)[C@@H]1C(=O)NC(C)(C)C. The predicted molar refractivity (Wildman–Crippen MR) is 75.8 cm³/mol. The summed E-state index contributed by atoms with van der Waals surface area (Å²) in [6.07, 6.45) is 2.05. The average Bonchev–Trinajstić information content (AvgIpc) is 2.22. The van der Waals surface area contributed by atoms with Crippen LogP contribution >= 0.6 is 0 Å². The molecule has 0 bridgehead atoms. The third-order valence-corrected chi connectivity index (χ3v) is 3.17. The fraction of sp³-hybridized carbons (Fsp3) is 0.857. The van der Waals surface area contributed by atoms with Crippen LogP contribution in [0.2, 0.25) is 0 Å². The summed E-state index contributed by atoms with van der Waals surface area (Å²) in [6.45, 7) is 11.0. The van der Waals surface area contributed by atoms with E-state index in [1.54, 1.807) is 0 Å². The van der Waals surface area contributed by atoms with Crippen LogP contribution in [0.3, 0.4) is 0 Å². The second kappa shape index (κ2) is 6.37. The molecular weight excluding hydrogens is 242 g/mol. The standard InChI is InChI=1S/C14H27N3O2/c1-6-7-8-17-9-11(18)15-10(2)12(17)13(19)16-14(3,4)5/h10,12H,6-9H2,1-5H3,(H,15,18)(H,16,19)/t10-,12+/m0/s1. The third kappa shape index (κ3) is 4.82. The molecule has 2 amide bonds. The van der Waals surface area contributed by atoms with Gasteiger partial charge in [0.05, 0.1) is 12.6 Å². The lowest BCUT2D eigenvalue weighted by molar-refractivity contribution is -0.136. The average molecular weight is 269 g/mol. The van der Waals surface area contributed by atoms with E-state index in [4.69, 9.17) is 0 Å². The minimum Gasteiger partial charge on any atom is -0.350 e. The Hall–Kier alpha value is -1.10. The highest BCUT2D eigenvalue weighted by Crippen LogP contribution is 2.13. The van der Waals surface area contributed by atoms with E-state index in [1.165, 1.54) is 0 Å². The normalized spacial score (nSPS) is 25.0. The zero-order valence-electron chi connectivity index (χ0n) is 12.7. The lowest BCUT2D eigenvalue weighted by Crippen LogP contribution is -2.65. The second-order valence-electron chi connectivity index (χ2n) is 6.36. The lowest BCUT2D eigenvalue weighted by Gasteiger charge is -2.40. The van der Waals surface area contributed by atoms with Crippen molar-refractivity contribution < 1.29 is 9.59 Å². The lowest BCUT2D eigenvalue weighted by atomic mass is 10.0. The molecule has 0 aromatic heterocycles. The molecule has 1 aliphatic heterocycles. The Morgan fingerprint density at radius 3 is 2.63 bits per heavy atom. The van der Waals surface area contributed by atoms with E-state index in [0.717, 1.165) is 19.4 Å². The summed E-state index contributed by atoms with van der Waals surface area (Å²) in [5.41, 5.74) is -0.255. The molecule has 0 aromatic carbocycles. The molecule has 1 saturated heterocycles. The number of nitrogens with one attached hydrogen (secondary N) is 2. The van der Waals surface area contributed by atoms with Crippen LogP contribution in [-0.2, 0) is 9.59 Å². The first-order chi connectivity index (χ1) is 8.74. The van der Waals surface area contributed by atoms with Gasteiger partial charge in [-0.2, -0.15) is 0 Å². The number of hydrogen-bond donors (Lipinski definition) is 2. The van der Waals surface area contributed by atoms with Crippen LogP contribution in [0, 0.1) is 0 Å². The van der Waals surface area contributed by atoms with Gasteiger partial charge in [0, 0.05) is 5.54 Å². The first-order valence-corrected chi connectivity index (χ1v) is 7.10. The number of nitrogens with zero attached hydrogens (tertiary/aromatic N) is 1. The molecule has 110 valence electrons. The zero-order valence-corrected chi connectivity index (χ0v) is 12.7. The molecule has 2 atom stereocenters. The molecule has 0 aromatic rings. The van der Waals surface area contributed by atoms with Crippen LogP contribution in [0.25, 0.3) is 0 Å². The van der Waals surface area contributed by atoms with Crippen LogP contribution in [0.4, 0.5) is 0 Å². The monoisotopic (exact) mass is 269 g/mol. The predicted octanol–water partition coefficient (Wildman–Crippen LogP) is 0.890. The molecule has 2 N–H and O–H groups in total. The summed E-state index contributed by atoms with van der Waals surface area (Å²) in [4.78, 5) is 26.0.